The smallest absolute Gasteiger partial charge is 0.166 e. The fourth-order valence-electron chi connectivity index (χ4n) is 0.803. The van der Waals surface area contributed by atoms with Gasteiger partial charge in [-0.05, 0) is 6.42 Å². The van der Waals surface area contributed by atoms with Crippen LogP contribution < -0.4 is 0 Å². The van der Waals surface area contributed by atoms with Crippen molar-refractivity contribution in [3.63, 3.8) is 0 Å². The van der Waals surface area contributed by atoms with E-state index < -0.39 is 6.67 Å². The van der Waals surface area contributed by atoms with Crippen molar-refractivity contribution in [2.75, 3.05) is 6.67 Å². The molecule has 0 bridgehead atoms. The molecule has 0 saturated carbocycles. The normalized spacial score (nSPS) is 13.1. The highest BCUT2D eigenvalue weighted by atomic mass is 19.1. The minimum Gasteiger partial charge on any atom is -0.296 e. The van der Waals surface area contributed by atoms with Crippen molar-refractivity contribution in [2.45, 2.75) is 33.1 Å². The summed E-state index contributed by atoms with van der Waals surface area (Å²) in [6.45, 7) is 3.05. The van der Waals surface area contributed by atoms with E-state index in [1.807, 2.05) is 0 Å². The van der Waals surface area contributed by atoms with Crippen molar-refractivity contribution in [2.24, 2.45) is 5.92 Å². The van der Waals surface area contributed by atoms with Gasteiger partial charge in [0.05, 0.1) is 0 Å². The molecule has 0 rings (SSSR count). The monoisotopic (exact) mass is 146 g/mol. The summed E-state index contributed by atoms with van der Waals surface area (Å²) in [5.74, 6) is -0.335. The van der Waals surface area contributed by atoms with Crippen LogP contribution in [0.4, 0.5) is 4.39 Å². The summed E-state index contributed by atoms with van der Waals surface area (Å²) in [5, 5.41) is 0. The summed E-state index contributed by atoms with van der Waals surface area (Å²) < 4.78 is 11.7. The number of alkyl halides is 1. The summed E-state index contributed by atoms with van der Waals surface area (Å²) in [6, 6.07) is 0. The lowest BCUT2D eigenvalue weighted by Crippen LogP contribution is -2.12. The van der Waals surface area contributed by atoms with Crippen molar-refractivity contribution in [3.8, 4) is 0 Å². The predicted molar refractivity (Wildman–Crippen MR) is 39.7 cm³/mol. The average molecular weight is 146 g/mol. The van der Waals surface area contributed by atoms with E-state index in [0.29, 0.717) is 0 Å². The average Bonchev–Trinajstić information content (AvgIpc) is 1.98. The van der Waals surface area contributed by atoms with Crippen molar-refractivity contribution in [1.29, 1.82) is 0 Å². The van der Waals surface area contributed by atoms with Gasteiger partial charge in [0.15, 0.2) is 5.78 Å². The van der Waals surface area contributed by atoms with Crippen LogP contribution in [0.5, 0.6) is 0 Å². The summed E-state index contributed by atoms with van der Waals surface area (Å²) in [4.78, 5) is 10.6. The fourth-order valence-corrected chi connectivity index (χ4v) is 0.803. The molecule has 0 aliphatic rings. The quantitative estimate of drug-likeness (QED) is 0.582. The minimum absolute atomic E-state index is 0.0788. The first-order valence-corrected chi connectivity index (χ1v) is 3.81. The molecule has 0 saturated heterocycles. The highest BCUT2D eigenvalue weighted by Crippen LogP contribution is 2.08. The van der Waals surface area contributed by atoms with Crippen LogP contribution in [0, 0.1) is 5.92 Å². The molecule has 1 nitrogen and oxygen atoms in total. The van der Waals surface area contributed by atoms with Crippen molar-refractivity contribution < 1.29 is 9.18 Å². The van der Waals surface area contributed by atoms with Gasteiger partial charge in [-0.3, -0.25) is 4.79 Å². The van der Waals surface area contributed by atoms with Crippen LogP contribution >= 0.6 is 0 Å². The molecule has 0 N–H and O–H groups in total. The van der Waals surface area contributed by atoms with E-state index in [4.69, 9.17) is 0 Å². The van der Waals surface area contributed by atoms with E-state index in [1.165, 1.54) is 0 Å². The highest BCUT2D eigenvalue weighted by molar-refractivity contribution is 5.81. The van der Waals surface area contributed by atoms with Crippen molar-refractivity contribution in [1.82, 2.24) is 0 Å². The van der Waals surface area contributed by atoms with Gasteiger partial charge in [0, 0.05) is 5.92 Å². The molecule has 0 aliphatic carbocycles. The third-order valence-corrected chi connectivity index (χ3v) is 1.67. The van der Waals surface area contributed by atoms with Crippen LogP contribution in [0.25, 0.3) is 0 Å². The molecule has 2 heteroatoms. The number of halogens is 1. The Balaban J connectivity index is 3.41. The maximum Gasteiger partial charge on any atom is 0.166 e. The van der Waals surface area contributed by atoms with E-state index in [-0.39, 0.29) is 11.7 Å². The number of rotatable bonds is 5. The number of carbonyl (C=O) groups is 1. The van der Waals surface area contributed by atoms with E-state index in [0.717, 1.165) is 19.3 Å². The van der Waals surface area contributed by atoms with Gasteiger partial charge in [0.2, 0.25) is 0 Å². The van der Waals surface area contributed by atoms with Gasteiger partial charge in [-0.15, -0.1) is 0 Å². The Bertz CT molecular complexity index is 101. The summed E-state index contributed by atoms with van der Waals surface area (Å²) in [6.07, 6.45) is 2.93. The molecule has 0 radical (unpaired) electrons. The van der Waals surface area contributed by atoms with Gasteiger partial charge >= 0.3 is 0 Å². The van der Waals surface area contributed by atoms with Gasteiger partial charge in [-0.1, -0.05) is 26.7 Å². The van der Waals surface area contributed by atoms with Crippen LogP contribution in [-0.4, -0.2) is 12.5 Å². The Morgan fingerprint density at radius 1 is 1.60 bits per heavy atom. The van der Waals surface area contributed by atoms with Crippen LogP contribution in [0.2, 0.25) is 0 Å². The summed E-state index contributed by atoms with van der Waals surface area (Å²) in [5.41, 5.74) is 0. The van der Waals surface area contributed by atoms with Crippen LogP contribution in [0.15, 0.2) is 0 Å². The number of Topliss-reactive ketones (excluding diaryl/α,β-unsaturated/α-hetero) is 1. The first kappa shape index (κ1) is 9.60. The van der Waals surface area contributed by atoms with Crippen LogP contribution in [-0.2, 0) is 4.79 Å². The van der Waals surface area contributed by atoms with E-state index in [1.54, 1.807) is 6.92 Å². The maximum atomic E-state index is 11.7. The zero-order valence-corrected chi connectivity index (χ0v) is 6.69. The second-order valence-corrected chi connectivity index (χ2v) is 2.64. The Labute approximate surface area is 61.6 Å². The summed E-state index contributed by atoms with van der Waals surface area (Å²) >= 11 is 0. The molecule has 0 aliphatic heterocycles. The van der Waals surface area contributed by atoms with Gasteiger partial charge in [0.25, 0.3) is 0 Å². The molecular weight excluding hydrogens is 131 g/mol. The molecule has 10 heavy (non-hydrogen) atoms. The first-order valence-electron chi connectivity index (χ1n) is 3.81. The molecule has 60 valence electrons. The highest BCUT2D eigenvalue weighted by Gasteiger charge is 2.10. The van der Waals surface area contributed by atoms with E-state index >= 15 is 0 Å². The van der Waals surface area contributed by atoms with E-state index in [9.17, 15) is 9.18 Å². The molecule has 0 aromatic heterocycles. The molecule has 0 amide bonds. The van der Waals surface area contributed by atoms with Gasteiger partial charge in [-0.25, -0.2) is 4.39 Å². The molecule has 0 spiro atoms. The van der Waals surface area contributed by atoms with Gasteiger partial charge in [0.1, 0.15) is 6.67 Å². The fraction of sp³-hybridized carbons (Fsp3) is 0.875. The number of hydrogen-bond acceptors (Lipinski definition) is 1. The standard InChI is InChI=1S/C8H15FO/c1-3-4-5-7(2)8(10)6-9/h7H,3-6H2,1-2H3. The van der Waals surface area contributed by atoms with Crippen molar-refractivity contribution >= 4 is 5.78 Å². The van der Waals surface area contributed by atoms with Crippen LogP contribution in [0.3, 0.4) is 0 Å². The number of ketones is 1. The predicted octanol–water partition coefficient (Wildman–Crippen LogP) is 2.35. The molecule has 0 aromatic rings. The number of carbonyl (C=O) groups excluding carboxylic acids is 1. The maximum absolute atomic E-state index is 11.7. The molecular formula is C8H15FO. The molecule has 0 heterocycles. The zero-order chi connectivity index (χ0) is 7.98. The second kappa shape index (κ2) is 5.39. The van der Waals surface area contributed by atoms with Gasteiger partial charge in [-0.2, -0.15) is 0 Å². The Hall–Kier alpha value is -0.400. The largest absolute Gasteiger partial charge is 0.296 e. The number of hydrogen-bond donors (Lipinski definition) is 0. The van der Waals surface area contributed by atoms with E-state index in [2.05, 4.69) is 6.92 Å². The minimum atomic E-state index is -0.801. The third kappa shape index (κ3) is 3.59. The Kier molecular flexibility index (Phi) is 5.17. The van der Waals surface area contributed by atoms with Gasteiger partial charge < -0.3 is 0 Å². The SMILES string of the molecule is CCCCC(C)C(=O)CF. The topological polar surface area (TPSA) is 17.1 Å². The lowest BCUT2D eigenvalue weighted by Gasteiger charge is -2.05. The summed E-state index contributed by atoms with van der Waals surface area (Å²) in [7, 11) is 0. The Morgan fingerprint density at radius 2 is 2.20 bits per heavy atom. The molecule has 0 fully saturated rings. The third-order valence-electron chi connectivity index (χ3n) is 1.67. The second-order valence-electron chi connectivity index (χ2n) is 2.64. The van der Waals surface area contributed by atoms with Crippen LogP contribution in [0.1, 0.15) is 33.1 Å². The van der Waals surface area contributed by atoms with Crippen molar-refractivity contribution in [3.05, 3.63) is 0 Å². The molecule has 0 aromatic carbocycles. The lowest BCUT2D eigenvalue weighted by atomic mass is 10.0. The number of unbranched alkanes of at least 4 members (excludes halogenated alkanes) is 1. The Morgan fingerprint density at radius 3 is 2.60 bits per heavy atom. The molecule has 1 atom stereocenters. The zero-order valence-electron chi connectivity index (χ0n) is 6.69. The molecule has 1 unspecified atom stereocenters. The lowest BCUT2D eigenvalue weighted by molar-refractivity contribution is -0.123. The first-order chi connectivity index (χ1) is 4.72.